The third kappa shape index (κ3) is 5.56. The number of amides is 4. The molecule has 4 amide bonds. The van der Waals surface area contributed by atoms with Crippen molar-refractivity contribution in [2.24, 2.45) is 0 Å². The summed E-state index contributed by atoms with van der Waals surface area (Å²) in [7, 11) is -2.37. The third-order valence-corrected chi connectivity index (χ3v) is 14.4. The van der Waals surface area contributed by atoms with Crippen LogP contribution in [0.15, 0.2) is 176 Å². The number of hydrogen-bond acceptors (Lipinski definition) is 5. The van der Waals surface area contributed by atoms with Gasteiger partial charge in [-0.15, -0.1) is 0 Å². The maximum absolute atomic E-state index is 14.0. The molecule has 0 aromatic heterocycles. The molecular formula is C47H32N2O5P+. The van der Waals surface area contributed by atoms with E-state index in [2.05, 4.69) is 72.8 Å². The van der Waals surface area contributed by atoms with Crippen molar-refractivity contribution < 1.29 is 23.9 Å². The van der Waals surface area contributed by atoms with Gasteiger partial charge in [0.15, 0.2) is 0 Å². The Kier molecular flexibility index (Phi) is 8.29. The van der Waals surface area contributed by atoms with E-state index in [0.29, 0.717) is 22.9 Å². The summed E-state index contributed by atoms with van der Waals surface area (Å²) in [5, 5.41) is 4.66. The highest BCUT2D eigenvalue weighted by atomic mass is 31.2. The summed E-state index contributed by atoms with van der Waals surface area (Å²) in [6.45, 7) is 1.90. The van der Waals surface area contributed by atoms with Crippen LogP contribution in [-0.2, 0) is 0 Å². The number of anilines is 2. The number of rotatable bonds is 8. The minimum absolute atomic E-state index is 0.212. The van der Waals surface area contributed by atoms with Crippen LogP contribution in [0.1, 0.15) is 47.0 Å². The van der Waals surface area contributed by atoms with Crippen molar-refractivity contribution in [1.29, 1.82) is 0 Å². The topological polar surface area (TPSA) is 84.0 Å². The van der Waals surface area contributed by atoms with Crippen molar-refractivity contribution in [3.63, 3.8) is 0 Å². The fourth-order valence-corrected chi connectivity index (χ4v) is 11.9. The molecule has 0 unspecified atom stereocenters. The van der Waals surface area contributed by atoms with E-state index in [1.54, 1.807) is 48.5 Å². The molecule has 0 spiro atoms. The van der Waals surface area contributed by atoms with Crippen molar-refractivity contribution in [2.75, 3.05) is 9.80 Å². The van der Waals surface area contributed by atoms with Gasteiger partial charge in [-0.25, -0.2) is 9.80 Å². The molecule has 2 heterocycles. The van der Waals surface area contributed by atoms with Crippen LogP contribution in [0.5, 0.6) is 11.5 Å². The zero-order valence-electron chi connectivity index (χ0n) is 29.6. The number of carbonyl (C=O) groups is 4. The summed E-state index contributed by atoms with van der Waals surface area (Å²) in [6, 6.07) is 55.9. The van der Waals surface area contributed by atoms with Crippen LogP contribution >= 0.6 is 7.26 Å². The van der Waals surface area contributed by atoms with Crippen molar-refractivity contribution in [3.05, 3.63) is 204 Å². The second kappa shape index (κ2) is 13.5. The van der Waals surface area contributed by atoms with Gasteiger partial charge in [-0.3, -0.25) is 19.2 Å². The Morgan fingerprint density at radius 3 is 1.25 bits per heavy atom. The first-order valence-corrected chi connectivity index (χ1v) is 19.6. The number of ether oxygens (including phenoxy) is 1. The summed E-state index contributed by atoms with van der Waals surface area (Å²) in [5.74, 6) is -1.10. The second-order valence-corrected chi connectivity index (χ2v) is 16.8. The Balaban J connectivity index is 1.01. The number of imide groups is 2. The summed E-state index contributed by atoms with van der Waals surface area (Å²) in [6.07, 6.45) is 0. The van der Waals surface area contributed by atoms with Gasteiger partial charge in [0.2, 0.25) is 0 Å². The predicted molar refractivity (Wildman–Crippen MR) is 218 cm³/mol. The van der Waals surface area contributed by atoms with Crippen molar-refractivity contribution in [1.82, 2.24) is 0 Å². The van der Waals surface area contributed by atoms with E-state index in [4.69, 9.17) is 4.74 Å². The van der Waals surface area contributed by atoms with E-state index in [0.717, 1.165) is 15.8 Å². The summed E-state index contributed by atoms with van der Waals surface area (Å²) in [5.41, 5.74) is 2.88. The van der Waals surface area contributed by atoms with Crippen LogP contribution < -0.4 is 35.8 Å². The molecule has 264 valence electrons. The summed E-state index contributed by atoms with van der Waals surface area (Å²) in [4.78, 5) is 56.7. The Bertz CT molecular complexity index is 2570. The molecule has 0 atom stereocenters. The van der Waals surface area contributed by atoms with Crippen molar-refractivity contribution in [3.8, 4) is 11.5 Å². The molecule has 0 N–H and O–H groups in total. The van der Waals surface area contributed by atoms with Crippen molar-refractivity contribution in [2.45, 2.75) is 6.92 Å². The molecule has 2 aliphatic rings. The lowest BCUT2D eigenvalue weighted by molar-refractivity contribution is 0.0910. The molecule has 8 heteroatoms. The molecule has 0 bridgehead atoms. The van der Waals surface area contributed by atoms with Crippen LogP contribution in [0, 0.1) is 6.92 Å². The van der Waals surface area contributed by atoms with E-state index in [1.807, 2.05) is 55.5 Å². The normalized spacial score (nSPS) is 13.6. The smallest absolute Gasteiger partial charge is 0.266 e. The molecular weight excluding hydrogens is 704 g/mol. The first kappa shape index (κ1) is 33.9. The van der Waals surface area contributed by atoms with Crippen LogP contribution in [0.4, 0.5) is 11.4 Å². The SMILES string of the molecule is Cc1cccc(N2C(=O)c3ccc(Oc4ccc5c(c4)C(=O)N(c4ccc([P+](c6ccccc6)(c6ccccc6)c6ccccc6)cc4)C5=O)cc3C2=O)c1. The fraction of sp³-hybridized carbons (Fsp3) is 0.0213. The minimum Gasteiger partial charge on any atom is -0.457 e. The quantitative estimate of drug-likeness (QED) is 0.117. The first-order valence-electron chi connectivity index (χ1n) is 17.8. The van der Waals surface area contributed by atoms with Gasteiger partial charge in [-0.2, -0.15) is 0 Å². The third-order valence-electron chi connectivity index (χ3n) is 10.1. The minimum atomic E-state index is -2.37. The molecule has 0 saturated heterocycles. The van der Waals surface area contributed by atoms with Crippen LogP contribution in [0.3, 0.4) is 0 Å². The van der Waals surface area contributed by atoms with Crippen LogP contribution in [0.25, 0.3) is 0 Å². The van der Waals surface area contributed by atoms with Gasteiger partial charge in [-0.1, -0.05) is 66.7 Å². The zero-order chi connectivity index (χ0) is 37.7. The van der Waals surface area contributed by atoms with Gasteiger partial charge in [0.1, 0.15) is 40.0 Å². The number of fused-ring (bicyclic) bond motifs is 2. The van der Waals surface area contributed by atoms with E-state index in [1.165, 1.54) is 26.9 Å². The second-order valence-electron chi connectivity index (χ2n) is 13.4. The highest BCUT2D eigenvalue weighted by Gasteiger charge is 2.48. The zero-order valence-corrected chi connectivity index (χ0v) is 30.5. The number of benzene rings is 7. The van der Waals surface area contributed by atoms with Gasteiger partial charge in [0, 0.05) is 0 Å². The Labute approximate surface area is 318 Å². The lowest BCUT2D eigenvalue weighted by atomic mass is 10.1. The van der Waals surface area contributed by atoms with E-state index >= 15 is 0 Å². The average Bonchev–Trinajstić information content (AvgIpc) is 3.62. The van der Waals surface area contributed by atoms with Gasteiger partial charge < -0.3 is 4.74 Å². The monoisotopic (exact) mass is 735 g/mol. The Hall–Kier alpha value is -6.95. The maximum atomic E-state index is 14.0. The molecule has 7 aromatic rings. The average molecular weight is 736 g/mol. The molecule has 0 saturated carbocycles. The van der Waals surface area contributed by atoms with Gasteiger partial charge in [-0.05, 0) is 122 Å². The van der Waals surface area contributed by atoms with Gasteiger partial charge >= 0.3 is 0 Å². The lowest BCUT2D eigenvalue weighted by Gasteiger charge is -2.28. The molecule has 9 rings (SSSR count). The molecule has 0 fully saturated rings. The number of carbonyl (C=O) groups excluding carboxylic acids is 4. The van der Waals surface area contributed by atoms with E-state index < -0.39 is 30.9 Å². The number of nitrogens with zero attached hydrogens (tertiary/aromatic N) is 2. The summed E-state index contributed by atoms with van der Waals surface area (Å²) < 4.78 is 6.12. The maximum Gasteiger partial charge on any atom is 0.266 e. The van der Waals surface area contributed by atoms with Crippen LogP contribution in [-0.4, -0.2) is 23.6 Å². The molecule has 0 aliphatic carbocycles. The number of aryl methyl sites for hydroxylation is 1. The van der Waals surface area contributed by atoms with Gasteiger partial charge in [0.25, 0.3) is 23.6 Å². The van der Waals surface area contributed by atoms with Crippen LogP contribution in [0.2, 0.25) is 0 Å². The highest BCUT2D eigenvalue weighted by Crippen LogP contribution is 2.54. The fourth-order valence-electron chi connectivity index (χ4n) is 7.61. The molecule has 7 nitrogen and oxygen atoms in total. The van der Waals surface area contributed by atoms with E-state index in [9.17, 15) is 19.2 Å². The highest BCUT2D eigenvalue weighted by molar-refractivity contribution is 8.01. The first-order chi connectivity index (χ1) is 26.8. The Morgan fingerprint density at radius 1 is 0.382 bits per heavy atom. The predicted octanol–water partition coefficient (Wildman–Crippen LogP) is 8.01. The number of hydrogen-bond donors (Lipinski definition) is 0. The summed E-state index contributed by atoms with van der Waals surface area (Å²) >= 11 is 0. The largest absolute Gasteiger partial charge is 0.457 e. The lowest BCUT2D eigenvalue weighted by Crippen LogP contribution is -2.38. The molecule has 55 heavy (non-hydrogen) atoms. The van der Waals surface area contributed by atoms with E-state index in [-0.39, 0.29) is 22.3 Å². The molecule has 0 radical (unpaired) electrons. The molecule has 7 aromatic carbocycles. The standard InChI is InChI=1S/C47H32N2O5P/c1-31-12-11-13-33(28-31)49-45(51)41-27-23-35(30-43(41)47(49)53)54-34-22-26-40-42(29-34)46(52)48(44(40)50)32-20-24-39(25-21-32)55(36-14-5-2-6-15-36,37-16-7-3-8-17-37)38-18-9-4-10-19-38/h2-30H,1H3/q+1. The molecule has 2 aliphatic heterocycles. The van der Waals surface area contributed by atoms with Crippen molar-refractivity contribution >= 4 is 63.5 Å². The van der Waals surface area contributed by atoms with Gasteiger partial charge in [0.05, 0.1) is 33.6 Å². The Morgan fingerprint density at radius 2 is 0.800 bits per heavy atom.